The van der Waals surface area contributed by atoms with Gasteiger partial charge in [-0.15, -0.1) is 0 Å². The second-order valence-electron chi connectivity index (χ2n) is 1.83. The molecular weight excluding hydrogens is 272 g/mol. The quantitative estimate of drug-likeness (QED) is 0.229. The number of amides is 1. The molecule has 0 aliphatic carbocycles. The van der Waals surface area contributed by atoms with E-state index in [0.29, 0.717) is 0 Å². The number of carbonyl (C=O) groups is 1. The minimum atomic E-state index is -4.50. The van der Waals surface area contributed by atoms with Crippen molar-refractivity contribution >= 4 is 23.6 Å². The molecule has 0 radical (unpaired) electrons. The molecule has 0 aromatic carbocycles. The molecule has 0 heterocycles. The molecule has 72 valence electrons. The van der Waals surface area contributed by atoms with Crippen LogP contribution in [0.15, 0.2) is 0 Å². The first kappa shape index (κ1) is 26.5. The molecule has 0 aromatic heterocycles. The summed E-state index contributed by atoms with van der Waals surface area (Å²) < 4.78 is 0. The molecule has 0 saturated heterocycles. The number of nitrogens with one attached hydrogen (secondary N) is 1. The van der Waals surface area contributed by atoms with Crippen molar-refractivity contribution in [2.45, 2.75) is 0 Å². The van der Waals surface area contributed by atoms with E-state index < -0.39 is 6.72 Å². The third kappa shape index (κ3) is 22.6. The monoisotopic (exact) mass is 281 g/mol. The van der Waals surface area contributed by atoms with Crippen LogP contribution in [0.1, 0.15) is 0 Å². The van der Waals surface area contributed by atoms with E-state index in [4.69, 9.17) is 5.73 Å². The van der Waals surface area contributed by atoms with Gasteiger partial charge < -0.3 is 25.7 Å². The summed E-state index contributed by atoms with van der Waals surface area (Å²) in [6, 6.07) is 0. The van der Waals surface area contributed by atoms with Crippen molar-refractivity contribution in [1.29, 1.82) is 0 Å². The largest absolute Gasteiger partial charge is 1.00 e. The summed E-state index contributed by atoms with van der Waals surface area (Å²) in [5.41, 5.74) is 4.94. The van der Waals surface area contributed by atoms with Crippen molar-refractivity contribution < 1.29 is 108 Å². The molecule has 0 spiro atoms. The normalized spacial score (nSPS) is 8.80. The number of carbonyl (C=O) groups excluding carboxylic acids is 1. The molecule has 0 aromatic rings. The molecule has 0 saturated carbocycles. The van der Waals surface area contributed by atoms with E-state index in [2.05, 4.69) is 5.32 Å². The van der Waals surface area contributed by atoms with Gasteiger partial charge in [-0.3, -0.25) is 4.79 Å². The number of hydrogen-bond donors (Lipinski definition) is 2. The van der Waals surface area contributed by atoms with Crippen molar-refractivity contribution in [1.82, 2.24) is 5.32 Å². The maximum Gasteiger partial charge on any atom is 1.00 e. The summed E-state index contributed by atoms with van der Waals surface area (Å²) in [6.45, 7) is -4.51. The van der Waals surface area contributed by atoms with Crippen LogP contribution in [0.3, 0.4) is 0 Å². The molecule has 15 heavy (non-hydrogen) atoms. The van der Waals surface area contributed by atoms with Gasteiger partial charge in [-0.2, -0.15) is 0 Å². The smallest absolute Gasteiger partial charge is 0.809 e. The van der Waals surface area contributed by atoms with Crippen LogP contribution in [0, 0.1) is 0 Å². The average Bonchev–Trinajstić information content (AvgIpc) is 1.96. The Morgan fingerprint density at radius 3 is 2.07 bits per heavy atom. The fourth-order valence-corrected chi connectivity index (χ4v) is 1.78. The van der Waals surface area contributed by atoms with Crippen molar-refractivity contribution in [2.24, 2.45) is 5.73 Å². The zero-order valence-electron chi connectivity index (χ0n) is 9.19. The second kappa shape index (κ2) is 15.0. The molecule has 0 aliphatic heterocycles. The molecule has 0 rings (SSSR count). The van der Waals surface area contributed by atoms with E-state index in [1.54, 1.807) is 0 Å². The Balaban J connectivity index is -0.000000202. The van der Waals surface area contributed by atoms with Gasteiger partial charge in [0.25, 0.3) is 0 Å². The molecule has 0 atom stereocenters. The molecule has 0 fully saturated rings. The van der Waals surface area contributed by atoms with Crippen LogP contribution in [-0.4, -0.2) is 24.7 Å². The minimum absolute atomic E-state index is 0. The van der Waals surface area contributed by atoms with E-state index >= 15 is 0 Å². The van der Waals surface area contributed by atoms with Gasteiger partial charge in [-0.1, -0.05) is 6.72 Å². The molecule has 1 amide bonds. The summed E-state index contributed by atoms with van der Waals surface area (Å²) in [6.07, 6.45) is 0. The van der Waals surface area contributed by atoms with Crippen LogP contribution in [-0.2, 0) is 15.7 Å². The Bertz CT molecular complexity index is 206. The Morgan fingerprint density at radius 1 is 1.27 bits per heavy atom. The van der Waals surface area contributed by atoms with E-state index in [1.165, 1.54) is 0 Å². The molecular formula is C4H9N2Na3O4PS+. The van der Waals surface area contributed by atoms with E-state index in [0.717, 1.165) is 0 Å². The third-order valence-corrected chi connectivity index (χ3v) is 3.06. The topological polar surface area (TPSA) is 124 Å². The Labute approximate surface area is 159 Å². The van der Waals surface area contributed by atoms with Crippen LogP contribution >= 0.6 is 6.72 Å². The molecule has 11 heteroatoms. The molecule has 0 unspecified atom stereocenters. The van der Waals surface area contributed by atoms with Gasteiger partial charge in [-0.05, 0) is 0 Å². The zero-order valence-corrected chi connectivity index (χ0v) is 16.9. The van der Waals surface area contributed by atoms with E-state index in [1.807, 2.05) is 0 Å². The summed E-state index contributed by atoms with van der Waals surface area (Å²) in [4.78, 5) is 40.6. The van der Waals surface area contributed by atoms with Crippen LogP contribution in [0.5, 0.6) is 0 Å². The Hall–Kier alpha value is 2.96. The SMILES string of the molecule is NCC(=O)NCC[S+]=P([O-])([O-])[O-].[Na+].[Na+].[Na+]. The van der Waals surface area contributed by atoms with Gasteiger partial charge in [0.05, 0.1) is 13.1 Å². The van der Waals surface area contributed by atoms with Crippen molar-refractivity contribution in [3.05, 3.63) is 0 Å². The number of rotatable bonds is 4. The fraction of sp³-hybridized carbons (Fsp3) is 0.750. The van der Waals surface area contributed by atoms with E-state index in [-0.39, 0.29) is 124 Å². The maximum absolute atomic E-state index is 10.5. The van der Waals surface area contributed by atoms with Gasteiger partial charge in [0.2, 0.25) is 5.91 Å². The van der Waals surface area contributed by atoms with Crippen LogP contribution in [0.25, 0.3) is 0 Å². The summed E-state index contributed by atoms with van der Waals surface area (Å²) in [5.74, 6) is -0.321. The van der Waals surface area contributed by atoms with Crippen LogP contribution in [0.2, 0.25) is 0 Å². The van der Waals surface area contributed by atoms with Crippen LogP contribution in [0.4, 0.5) is 0 Å². The van der Waals surface area contributed by atoms with Gasteiger partial charge in [0.1, 0.15) is 10.9 Å². The molecule has 0 aliphatic rings. The van der Waals surface area contributed by atoms with Gasteiger partial charge in [0, 0.05) is 0 Å². The van der Waals surface area contributed by atoms with Gasteiger partial charge in [0.15, 0.2) is 5.75 Å². The first-order valence-corrected chi connectivity index (χ1v) is 6.22. The Morgan fingerprint density at radius 2 is 1.73 bits per heavy atom. The number of nitrogens with two attached hydrogens (primary N) is 1. The first-order chi connectivity index (χ1) is 5.45. The summed E-state index contributed by atoms with van der Waals surface area (Å²) in [7, 11) is 0.275. The molecule has 3 N–H and O–H groups in total. The van der Waals surface area contributed by atoms with Gasteiger partial charge in [-0.25, -0.2) is 0 Å². The fourth-order valence-electron chi connectivity index (χ4n) is 0.420. The minimum Gasteiger partial charge on any atom is -0.809 e. The first-order valence-electron chi connectivity index (χ1n) is 3.09. The van der Waals surface area contributed by atoms with Crippen molar-refractivity contribution in [3.8, 4) is 0 Å². The Kier molecular flexibility index (Phi) is 26.5. The van der Waals surface area contributed by atoms with Gasteiger partial charge >= 0.3 is 88.7 Å². The molecule has 0 bridgehead atoms. The average molecular weight is 281 g/mol. The molecule has 6 nitrogen and oxygen atoms in total. The standard InChI is InChI=1S/C4H9N2O4PS.3Na/c5-3-4(7)6-1-2-12-11(8,9)10;;;/h1-3,5H2,(H-3,6,7,8,9,10);;;/q-2;3*+1. The summed E-state index contributed by atoms with van der Waals surface area (Å²) >= 11 is 0. The van der Waals surface area contributed by atoms with Crippen LogP contribution < -0.4 is 114 Å². The third-order valence-electron chi connectivity index (χ3n) is 0.859. The maximum atomic E-state index is 10.5. The zero-order chi connectivity index (χ0) is 9.61. The van der Waals surface area contributed by atoms with E-state index in [9.17, 15) is 19.5 Å². The summed E-state index contributed by atoms with van der Waals surface area (Å²) in [5, 5.41) is 2.32. The van der Waals surface area contributed by atoms with Crippen molar-refractivity contribution in [2.75, 3.05) is 18.8 Å². The number of hydrogen-bond acceptors (Lipinski definition) is 5. The second-order valence-corrected chi connectivity index (χ2v) is 5.51. The predicted octanol–water partition coefficient (Wildman–Crippen LogP) is -13.1. The van der Waals surface area contributed by atoms with Crippen molar-refractivity contribution in [3.63, 3.8) is 0 Å². The predicted molar refractivity (Wildman–Crippen MR) is 41.2 cm³/mol.